The second kappa shape index (κ2) is 5.18. The summed E-state index contributed by atoms with van der Waals surface area (Å²) < 4.78 is 26.3. The van der Waals surface area contributed by atoms with E-state index in [4.69, 9.17) is 0 Å². The van der Waals surface area contributed by atoms with E-state index in [-0.39, 0.29) is 10.5 Å². The predicted octanol–water partition coefficient (Wildman–Crippen LogP) is 1.17. The van der Waals surface area contributed by atoms with E-state index in [1.165, 1.54) is 24.9 Å². The smallest absolute Gasteiger partial charge is 0.337 e. The Morgan fingerprint density at radius 2 is 2.07 bits per heavy atom. The van der Waals surface area contributed by atoms with Gasteiger partial charge >= 0.3 is 5.97 Å². The highest BCUT2D eigenvalue weighted by Gasteiger charge is 2.10. The van der Waals surface area contributed by atoms with Crippen molar-refractivity contribution in [3.8, 4) is 0 Å². The molecule has 6 heteroatoms. The van der Waals surface area contributed by atoms with Crippen LogP contribution in [0.4, 0.5) is 0 Å². The number of benzene rings is 1. The molecule has 0 aliphatic heterocycles. The van der Waals surface area contributed by atoms with Crippen LogP contribution in [0.15, 0.2) is 28.0 Å². The second-order valence-corrected chi connectivity index (χ2v) is 4.48. The van der Waals surface area contributed by atoms with Crippen LogP contribution in [-0.4, -0.2) is 27.8 Å². The van der Waals surface area contributed by atoms with E-state index >= 15 is 0 Å². The zero-order valence-corrected chi connectivity index (χ0v) is 9.93. The minimum Gasteiger partial charge on any atom is -0.465 e. The molecule has 0 aromatic heterocycles. The van der Waals surface area contributed by atoms with E-state index < -0.39 is 16.7 Å². The molecule has 0 unspecified atom stereocenters. The second-order valence-electron chi connectivity index (χ2n) is 2.64. The summed E-state index contributed by atoms with van der Waals surface area (Å²) in [7, 11) is -1.45. The van der Waals surface area contributed by atoms with Gasteiger partial charge in [0.15, 0.2) is 10.7 Å². The highest BCUT2D eigenvalue weighted by Crippen LogP contribution is 2.23. The molecule has 0 fully saturated rings. The van der Waals surface area contributed by atoms with Gasteiger partial charge in [0.1, 0.15) is 0 Å². The number of thioether (sulfide) groups is 1. The fourth-order valence-electron chi connectivity index (χ4n) is 1.08. The average molecular weight is 246 g/mol. The van der Waals surface area contributed by atoms with Gasteiger partial charge in [-0.25, -0.2) is 13.2 Å². The molecule has 15 heavy (non-hydrogen) atoms. The first kappa shape index (κ1) is 12.1. The van der Waals surface area contributed by atoms with Gasteiger partial charge in [-0.3, -0.25) is 0 Å². The maximum Gasteiger partial charge on any atom is 0.337 e. The van der Waals surface area contributed by atoms with Gasteiger partial charge in [0.05, 0.1) is 17.6 Å². The normalized spacial score (nSPS) is 10.3. The molecule has 0 radical (unpaired) electrons. The van der Waals surface area contributed by atoms with Gasteiger partial charge in [-0.05, 0) is 24.5 Å². The van der Waals surface area contributed by atoms with Crippen molar-refractivity contribution < 1.29 is 17.9 Å². The number of methoxy groups -OCH3 is 1. The van der Waals surface area contributed by atoms with E-state index in [1.54, 1.807) is 18.4 Å². The maximum absolute atomic E-state index is 11.2. The number of hydrogen-bond acceptors (Lipinski definition) is 5. The number of hydrogen-bond donors (Lipinski definition) is 1. The van der Waals surface area contributed by atoms with Gasteiger partial charge in [-0.1, -0.05) is 0 Å². The van der Waals surface area contributed by atoms with Gasteiger partial charge in [-0.2, -0.15) is 0 Å². The van der Waals surface area contributed by atoms with Crippen molar-refractivity contribution >= 4 is 28.4 Å². The third kappa shape index (κ3) is 2.73. The highest BCUT2D eigenvalue weighted by molar-refractivity contribution is 7.99. The zero-order valence-electron chi connectivity index (χ0n) is 8.22. The summed E-state index contributed by atoms with van der Waals surface area (Å²) in [6, 6.07) is 4.46. The van der Waals surface area contributed by atoms with Crippen molar-refractivity contribution in [2.45, 2.75) is 9.79 Å². The third-order valence-electron chi connectivity index (χ3n) is 1.80. The van der Waals surface area contributed by atoms with E-state index in [1.807, 2.05) is 0 Å². The van der Waals surface area contributed by atoms with Crippen LogP contribution in [0.1, 0.15) is 10.4 Å². The Hall–Kier alpha value is -1.01. The molecular formula is C9H10O4S2. The SMILES string of the molecule is COC(=O)c1ccc(SC)c([SH](=O)=O)c1. The molecule has 0 spiro atoms. The topological polar surface area (TPSA) is 60.4 Å². The van der Waals surface area contributed by atoms with Crippen LogP contribution < -0.4 is 0 Å². The third-order valence-corrected chi connectivity index (χ3v) is 3.51. The lowest BCUT2D eigenvalue weighted by atomic mass is 10.2. The molecule has 0 N–H and O–H groups in total. The molecule has 4 nitrogen and oxygen atoms in total. The molecular weight excluding hydrogens is 236 g/mol. The average Bonchev–Trinajstić information content (AvgIpc) is 2.27. The lowest BCUT2D eigenvalue weighted by molar-refractivity contribution is 0.0600. The monoisotopic (exact) mass is 246 g/mol. The molecule has 0 heterocycles. The molecule has 0 amide bonds. The first-order valence-electron chi connectivity index (χ1n) is 4.01. The molecule has 0 aliphatic rings. The van der Waals surface area contributed by atoms with Crippen LogP contribution in [0, 0.1) is 0 Å². The summed E-state index contributed by atoms with van der Waals surface area (Å²) in [5.74, 6) is -0.541. The largest absolute Gasteiger partial charge is 0.465 e. The first-order valence-corrected chi connectivity index (χ1v) is 6.41. The minimum atomic E-state index is -2.70. The maximum atomic E-state index is 11.2. The summed E-state index contributed by atoms with van der Waals surface area (Å²) in [4.78, 5) is 11.9. The van der Waals surface area contributed by atoms with E-state index in [0.29, 0.717) is 4.90 Å². The molecule has 1 aromatic rings. The van der Waals surface area contributed by atoms with Gasteiger partial charge in [0, 0.05) is 4.90 Å². The van der Waals surface area contributed by atoms with Crippen LogP contribution in [0.5, 0.6) is 0 Å². The van der Waals surface area contributed by atoms with Crippen LogP contribution in [0.3, 0.4) is 0 Å². The molecule has 0 aliphatic carbocycles. The Kier molecular flexibility index (Phi) is 4.16. The summed E-state index contributed by atoms with van der Waals surface area (Å²) >= 11 is 1.32. The first-order chi connectivity index (χ1) is 7.10. The number of thiol groups is 1. The van der Waals surface area contributed by atoms with Crippen molar-refractivity contribution in [3.05, 3.63) is 23.8 Å². The quantitative estimate of drug-likeness (QED) is 0.493. The molecule has 0 atom stereocenters. The molecule has 0 saturated carbocycles. The lowest BCUT2D eigenvalue weighted by Crippen LogP contribution is -2.02. The lowest BCUT2D eigenvalue weighted by Gasteiger charge is -2.03. The molecule has 82 valence electrons. The van der Waals surface area contributed by atoms with E-state index in [2.05, 4.69) is 4.74 Å². The van der Waals surface area contributed by atoms with Crippen LogP contribution >= 0.6 is 11.8 Å². The molecule has 0 saturated heterocycles. The number of carbonyl (C=O) groups excluding carboxylic acids is 1. The Balaban J connectivity index is 3.28. The minimum absolute atomic E-state index is 0.153. The summed E-state index contributed by atoms with van der Waals surface area (Å²) in [6.45, 7) is 0. The van der Waals surface area contributed by atoms with Gasteiger partial charge in [-0.15, -0.1) is 11.8 Å². The highest BCUT2D eigenvalue weighted by atomic mass is 32.2. The Labute approximate surface area is 93.6 Å². The van der Waals surface area contributed by atoms with E-state index in [9.17, 15) is 13.2 Å². The van der Waals surface area contributed by atoms with Crippen molar-refractivity contribution in [2.75, 3.05) is 13.4 Å². The van der Waals surface area contributed by atoms with Gasteiger partial charge in [0.25, 0.3) is 0 Å². The summed E-state index contributed by atoms with van der Waals surface area (Å²) in [6.07, 6.45) is 1.77. The van der Waals surface area contributed by atoms with E-state index in [0.717, 1.165) is 0 Å². The zero-order chi connectivity index (χ0) is 11.4. The molecule has 1 rings (SSSR count). The number of esters is 1. The van der Waals surface area contributed by atoms with Crippen LogP contribution in [0.25, 0.3) is 0 Å². The van der Waals surface area contributed by atoms with Crippen molar-refractivity contribution in [1.82, 2.24) is 0 Å². The Bertz CT molecular complexity index is 443. The van der Waals surface area contributed by atoms with Crippen molar-refractivity contribution in [2.24, 2.45) is 0 Å². The van der Waals surface area contributed by atoms with Crippen LogP contribution in [-0.2, 0) is 15.4 Å². The number of ether oxygens (including phenoxy) is 1. The summed E-state index contributed by atoms with van der Waals surface area (Å²) in [5, 5.41) is 0. The standard InChI is InChI=1S/C9H10O4S2/c1-13-9(10)6-3-4-7(14-2)8(5-6)15(11)12/h3-5,15H,1-2H3. The van der Waals surface area contributed by atoms with Crippen molar-refractivity contribution in [1.29, 1.82) is 0 Å². The van der Waals surface area contributed by atoms with Gasteiger partial charge in [0.2, 0.25) is 0 Å². The van der Waals surface area contributed by atoms with Crippen LogP contribution in [0.2, 0.25) is 0 Å². The molecule has 0 bridgehead atoms. The number of rotatable bonds is 3. The van der Waals surface area contributed by atoms with Crippen molar-refractivity contribution in [3.63, 3.8) is 0 Å². The predicted molar refractivity (Wildman–Crippen MR) is 58.1 cm³/mol. The molecule has 1 aromatic carbocycles. The Morgan fingerprint density at radius 1 is 1.40 bits per heavy atom. The Morgan fingerprint density at radius 3 is 2.53 bits per heavy atom. The fraction of sp³-hybridized carbons (Fsp3) is 0.222. The summed E-state index contributed by atoms with van der Waals surface area (Å²) in [5.41, 5.74) is 0.240. The van der Waals surface area contributed by atoms with Gasteiger partial charge < -0.3 is 4.74 Å². The fourth-order valence-corrected chi connectivity index (χ4v) is 2.55. The number of carbonyl (C=O) groups is 1.